The number of rotatable bonds is 2. The van der Waals surface area contributed by atoms with Gasteiger partial charge in [0.2, 0.25) is 0 Å². The fourth-order valence-corrected chi connectivity index (χ4v) is 2.00. The summed E-state index contributed by atoms with van der Waals surface area (Å²) in [4.78, 5) is 10.3. The van der Waals surface area contributed by atoms with E-state index in [1.54, 1.807) is 11.6 Å². The van der Waals surface area contributed by atoms with Gasteiger partial charge >= 0.3 is 5.69 Å². The van der Waals surface area contributed by atoms with E-state index in [2.05, 4.69) is 10.4 Å². The SMILES string of the molecule is Cc1c([N+](=O)[O-])cnn1[C@H]1CCCNC1. The number of hydrogen-bond donors (Lipinski definition) is 1. The monoisotopic (exact) mass is 210 g/mol. The Morgan fingerprint density at radius 1 is 1.73 bits per heavy atom. The molecule has 1 fully saturated rings. The number of piperidine rings is 1. The molecule has 0 aromatic carbocycles. The van der Waals surface area contributed by atoms with Gasteiger partial charge in [0.15, 0.2) is 0 Å². The van der Waals surface area contributed by atoms with E-state index < -0.39 is 0 Å². The second-order valence-electron chi connectivity index (χ2n) is 3.82. The van der Waals surface area contributed by atoms with Gasteiger partial charge in [-0.3, -0.25) is 14.8 Å². The first kappa shape index (κ1) is 10.1. The summed E-state index contributed by atoms with van der Waals surface area (Å²) in [6.45, 7) is 3.62. The molecule has 1 aromatic heterocycles. The topological polar surface area (TPSA) is 73.0 Å². The van der Waals surface area contributed by atoms with Crippen LogP contribution in [0.5, 0.6) is 0 Å². The van der Waals surface area contributed by atoms with Crippen molar-refractivity contribution in [3.8, 4) is 0 Å². The Hall–Kier alpha value is -1.43. The van der Waals surface area contributed by atoms with Gasteiger partial charge < -0.3 is 5.32 Å². The van der Waals surface area contributed by atoms with Crippen molar-refractivity contribution in [1.29, 1.82) is 0 Å². The third-order valence-corrected chi connectivity index (χ3v) is 2.83. The van der Waals surface area contributed by atoms with Gasteiger partial charge in [0, 0.05) is 6.54 Å². The van der Waals surface area contributed by atoms with E-state index >= 15 is 0 Å². The molecule has 6 nitrogen and oxygen atoms in total. The lowest BCUT2D eigenvalue weighted by molar-refractivity contribution is -0.385. The molecule has 0 amide bonds. The molecule has 0 saturated carbocycles. The van der Waals surface area contributed by atoms with Crippen LogP contribution in [0.2, 0.25) is 0 Å². The highest BCUT2D eigenvalue weighted by Gasteiger charge is 2.22. The Labute approximate surface area is 87.4 Å². The molecule has 6 heteroatoms. The molecule has 0 unspecified atom stereocenters. The van der Waals surface area contributed by atoms with Crippen LogP contribution in [-0.4, -0.2) is 27.8 Å². The first-order valence-corrected chi connectivity index (χ1v) is 5.09. The van der Waals surface area contributed by atoms with Gasteiger partial charge in [-0.25, -0.2) is 0 Å². The van der Waals surface area contributed by atoms with Gasteiger partial charge in [0.05, 0.1) is 11.0 Å². The minimum atomic E-state index is -0.380. The number of nitrogens with zero attached hydrogens (tertiary/aromatic N) is 3. The molecule has 0 radical (unpaired) electrons. The molecule has 2 heterocycles. The third-order valence-electron chi connectivity index (χ3n) is 2.83. The number of nitro groups is 1. The van der Waals surface area contributed by atoms with Gasteiger partial charge in [0.1, 0.15) is 11.9 Å². The van der Waals surface area contributed by atoms with Crippen molar-refractivity contribution in [3.63, 3.8) is 0 Å². The summed E-state index contributed by atoms with van der Waals surface area (Å²) < 4.78 is 1.77. The minimum Gasteiger partial charge on any atom is -0.315 e. The summed E-state index contributed by atoms with van der Waals surface area (Å²) in [7, 11) is 0. The molecule has 82 valence electrons. The molecule has 1 N–H and O–H groups in total. The lowest BCUT2D eigenvalue weighted by atomic mass is 10.1. The van der Waals surface area contributed by atoms with Crippen molar-refractivity contribution in [2.45, 2.75) is 25.8 Å². The molecular weight excluding hydrogens is 196 g/mol. The standard InChI is InChI=1S/C9H14N4O2/c1-7-9(13(14)15)6-11-12(7)8-3-2-4-10-5-8/h6,8,10H,2-5H2,1H3/t8-/m0/s1. The van der Waals surface area contributed by atoms with Crippen LogP contribution in [-0.2, 0) is 0 Å². The van der Waals surface area contributed by atoms with E-state index in [-0.39, 0.29) is 16.7 Å². The van der Waals surface area contributed by atoms with Crippen LogP contribution in [0.1, 0.15) is 24.6 Å². The van der Waals surface area contributed by atoms with Crippen LogP contribution in [0.3, 0.4) is 0 Å². The molecule has 1 aliphatic heterocycles. The maximum absolute atomic E-state index is 10.7. The van der Waals surface area contributed by atoms with Gasteiger partial charge in [0.25, 0.3) is 0 Å². The highest BCUT2D eigenvalue weighted by molar-refractivity contribution is 5.31. The molecule has 1 aliphatic rings. The molecule has 1 saturated heterocycles. The van der Waals surface area contributed by atoms with E-state index in [9.17, 15) is 10.1 Å². The molecule has 2 rings (SSSR count). The van der Waals surface area contributed by atoms with Crippen LogP contribution in [0.25, 0.3) is 0 Å². The van der Waals surface area contributed by atoms with E-state index in [0.717, 1.165) is 25.9 Å². The highest BCUT2D eigenvalue weighted by atomic mass is 16.6. The minimum absolute atomic E-state index is 0.112. The van der Waals surface area contributed by atoms with Crippen molar-refractivity contribution >= 4 is 5.69 Å². The fourth-order valence-electron chi connectivity index (χ4n) is 2.00. The lowest BCUT2D eigenvalue weighted by Crippen LogP contribution is -2.32. The zero-order valence-electron chi connectivity index (χ0n) is 8.64. The molecule has 1 atom stereocenters. The zero-order valence-corrected chi connectivity index (χ0v) is 8.64. The summed E-state index contributed by atoms with van der Waals surface area (Å²) in [5.74, 6) is 0. The van der Waals surface area contributed by atoms with Crippen molar-refractivity contribution in [2.24, 2.45) is 0 Å². The second-order valence-corrected chi connectivity index (χ2v) is 3.82. The van der Waals surface area contributed by atoms with Crippen molar-refractivity contribution in [2.75, 3.05) is 13.1 Å². The number of nitrogens with one attached hydrogen (secondary N) is 1. The average Bonchev–Trinajstić information content (AvgIpc) is 2.61. The van der Waals surface area contributed by atoms with Gasteiger partial charge in [-0.2, -0.15) is 5.10 Å². The van der Waals surface area contributed by atoms with E-state index in [1.807, 2.05) is 0 Å². The van der Waals surface area contributed by atoms with Crippen LogP contribution in [0.4, 0.5) is 5.69 Å². The highest BCUT2D eigenvalue weighted by Crippen LogP contribution is 2.23. The summed E-state index contributed by atoms with van der Waals surface area (Å²) in [6, 6.07) is 0.257. The Kier molecular flexibility index (Phi) is 2.68. The fraction of sp³-hybridized carbons (Fsp3) is 0.667. The smallest absolute Gasteiger partial charge is 0.309 e. The molecule has 0 spiro atoms. The van der Waals surface area contributed by atoms with E-state index in [0.29, 0.717) is 5.69 Å². The quantitative estimate of drug-likeness (QED) is 0.584. The number of aromatic nitrogens is 2. The first-order valence-electron chi connectivity index (χ1n) is 5.09. The summed E-state index contributed by atoms with van der Waals surface area (Å²) in [6.07, 6.45) is 3.47. The Morgan fingerprint density at radius 3 is 3.07 bits per heavy atom. The predicted octanol–water partition coefficient (Wildman–Crippen LogP) is 1.02. The molecule has 1 aromatic rings. The first-order chi connectivity index (χ1) is 7.20. The van der Waals surface area contributed by atoms with Crippen LogP contribution in [0, 0.1) is 17.0 Å². The molecule has 15 heavy (non-hydrogen) atoms. The van der Waals surface area contributed by atoms with Crippen LogP contribution in [0.15, 0.2) is 6.20 Å². The largest absolute Gasteiger partial charge is 0.315 e. The summed E-state index contributed by atoms with van der Waals surface area (Å²) >= 11 is 0. The van der Waals surface area contributed by atoms with Crippen molar-refractivity contribution in [3.05, 3.63) is 22.0 Å². The van der Waals surface area contributed by atoms with Gasteiger partial charge in [-0.1, -0.05) is 0 Å². The summed E-state index contributed by atoms with van der Waals surface area (Å²) in [5.41, 5.74) is 0.759. The van der Waals surface area contributed by atoms with Crippen LogP contribution >= 0.6 is 0 Å². The average molecular weight is 210 g/mol. The van der Waals surface area contributed by atoms with E-state index in [1.165, 1.54) is 6.20 Å². The van der Waals surface area contributed by atoms with Crippen molar-refractivity contribution in [1.82, 2.24) is 15.1 Å². The molecular formula is C9H14N4O2. The molecule has 0 bridgehead atoms. The Balaban J connectivity index is 2.24. The lowest BCUT2D eigenvalue weighted by Gasteiger charge is -2.23. The van der Waals surface area contributed by atoms with Crippen molar-refractivity contribution < 1.29 is 4.92 Å². The normalized spacial score (nSPS) is 21.5. The predicted molar refractivity (Wildman–Crippen MR) is 54.8 cm³/mol. The van der Waals surface area contributed by atoms with Crippen LogP contribution < -0.4 is 5.32 Å². The summed E-state index contributed by atoms with van der Waals surface area (Å²) in [5, 5.41) is 18.0. The van der Waals surface area contributed by atoms with Gasteiger partial charge in [-0.15, -0.1) is 0 Å². The second kappa shape index (κ2) is 3.98. The maximum atomic E-state index is 10.7. The van der Waals surface area contributed by atoms with Gasteiger partial charge in [-0.05, 0) is 26.3 Å². The van der Waals surface area contributed by atoms with E-state index in [4.69, 9.17) is 0 Å². The number of hydrogen-bond acceptors (Lipinski definition) is 4. The Bertz CT molecular complexity index is 368. The molecule has 0 aliphatic carbocycles. The third kappa shape index (κ3) is 1.85. The zero-order chi connectivity index (χ0) is 10.8. The maximum Gasteiger partial charge on any atom is 0.309 e. The Morgan fingerprint density at radius 2 is 2.53 bits per heavy atom.